The van der Waals surface area contributed by atoms with Crippen LogP contribution in [0.2, 0.25) is 0 Å². The van der Waals surface area contributed by atoms with E-state index in [-0.39, 0.29) is 10.8 Å². The van der Waals surface area contributed by atoms with Gasteiger partial charge in [0.2, 0.25) is 0 Å². The Labute approximate surface area is 161 Å². The van der Waals surface area contributed by atoms with Crippen LogP contribution in [-0.4, -0.2) is 0 Å². The first kappa shape index (κ1) is 20.5. The summed E-state index contributed by atoms with van der Waals surface area (Å²) in [5.74, 6) is 0. The van der Waals surface area contributed by atoms with Gasteiger partial charge in [0.15, 0.2) is 0 Å². The molecule has 0 bridgehead atoms. The van der Waals surface area contributed by atoms with E-state index < -0.39 is 0 Å². The van der Waals surface area contributed by atoms with Gasteiger partial charge in [-0.25, -0.2) is 0 Å². The number of allylic oxidation sites excluding steroid dienone is 1. The molecule has 2 aromatic carbocycles. The lowest BCUT2D eigenvalue weighted by molar-refractivity contribution is 0.557. The predicted octanol–water partition coefficient (Wildman–Crippen LogP) is 7.85. The summed E-state index contributed by atoms with van der Waals surface area (Å²) in [6.07, 6.45) is 5.43. The zero-order valence-corrected chi connectivity index (χ0v) is 18.2. The Morgan fingerprint density at radius 3 is 1.81 bits per heavy atom. The maximum Gasteiger partial charge on any atom is -0.0109 e. The second kappa shape index (κ2) is 7.43. The van der Waals surface area contributed by atoms with Gasteiger partial charge in [0, 0.05) is 0 Å². The van der Waals surface area contributed by atoms with Gasteiger partial charge in [0.25, 0.3) is 0 Å². The van der Waals surface area contributed by atoms with Crippen molar-refractivity contribution in [3.63, 3.8) is 0 Å². The lowest BCUT2D eigenvalue weighted by Crippen LogP contribution is -2.21. The highest BCUT2D eigenvalue weighted by atomic mass is 14.3. The Kier molecular flexibility index (Phi) is 5.85. The van der Waals surface area contributed by atoms with Crippen LogP contribution < -0.4 is 0 Å². The normalized spacial score (nSPS) is 12.8. The molecule has 0 aliphatic heterocycles. The molecular weight excluding hydrogens is 312 g/mol. The first-order valence-electron chi connectivity index (χ1n) is 9.90. The molecule has 0 nitrogen and oxygen atoms in total. The van der Waals surface area contributed by atoms with Gasteiger partial charge in [0.1, 0.15) is 0 Å². The van der Waals surface area contributed by atoms with Crippen molar-refractivity contribution >= 4 is 6.08 Å². The monoisotopic (exact) mass is 348 g/mol. The first-order chi connectivity index (χ1) is 12.0. The van der Waals surface area contributed by atoms with Crippen LogP contribution in [0.5, 0.6) is 0 Å². The highest BCUT2D eigenvalue weighted by Gasteiger charge is 2.26. The van der Waals surface area contributed by atoms with Crippen LogP contribution in [0.3, 0.4) is 0 Å². The van der Waals surface area contributed by atoms with E-state index in [1.807, 2.05) is 0 Å². The van der Waals surface area contributed by atoms with Crippen molar-refractivity contribution in [2.45, 2.75) is 79.6 Å². The largest absolute Gasteiger partial charge is 0.0870 e. The summed E-state index contributed by atoms with van der Waals surface area (Å²) >= 11 is 0. The molecule has 0 unspecified atom stereocenters. The minimum absolute atomic E-state index is 0.131. The fourth-order valence-electron chi connectivity index (χ4n) is 3.79. The van der Waals surface area contributed by atoms with Gasteiger partial charge < -0.3 is 0 Å². The van der Waals surface area contributed by atoms with E-state index in [0.29, 0.717) is 0 Å². The van der Waals surface area contributed by atoms with Crippen LogP contribution in [0, 0.1) is 6.92 Å². The van der Waals surface area contributed by atoms with Crippen LogP contribution in [0.1, 0.15) is 83.2 Å². The van der Waals surface area contributed by atoms with Crippen molar-refractivity contribution in [1.82, 2.24) is 0 Å². The van der Waals surface area contributed by atoms with Crippen molar-refractivity contribution in [3.05, 3.63) is 64.2 Å². The van der Waals surface area contributed by atoms with E-state index in [1.165, 1.54) is 38.9 Å². The van der Waals surface area contributed by atoms with Crippen molar-refractivity contribution in [1.29, 1.82) is 0 Å². The van der Waals surface area contributed by atoms with Gasteiger partial charge in [-0.2, -0.15) is 0 Å². The quantitative estimate of drug-likeness (QED) is 0.529. The average Bonchev–Trinajstić information content (AvgIpc) is 2.53. The summed E-state index contributed by atoms with van der Waals surface area (Å²) in [5, 5.41) is 0. The number of aryl methyl sites for hydroxylation is 1. The third-order valence-corrected chi connectivity index (χ3v) is 5.09. The van der Waals surface area contributed by atoms with E-state index >= 15 is 0 Å². The van der Waals surface area contributed by atoms with Crippen LogP contribution in [0.15, 0.2) is 36.4 Å². The molecule has 0 N–H and O–H groups in total. The van der Waals surface area contributed by atoms with Crippen molar-refractivity contribution in [2.24, 2.45) is 0 Å². The molecule has 2 aromatic rings. The molecule has 2 rings (SSSR count). The van der Waals surface area contributed by atoms with Crippen LogP contribution in [0.25, 0.3) is 17.2 Å². The van der Waals surface area contributed by atoms with Gasteiger partial charge in [-0.15, -0.1) is 0 Å². The zero-order chi connectivity index (χ0) is 19.7. The minimum Gasteiger partial charge on any atom is -0.0870 e. The molecule has 0 radical (unpaired) electrons. The molecule has 0 aliphatic rings. The van der Waals surface area contributed by atoms with E-state index in [1.54, 1.807) is 0 Å². The molecule has 0 aliphatic carbocycles. The molecule has 0 aromatic heterocycles. The number of benzene rings is 2. The predicted molar refractivity (Wildman–Crippen MR) is 118 cm³/mol. The van der Waals surface area contributed by atoms with Crippen molar-refractivity contribution < 1.29 is 0 Å². The van der Waals surface area contributed by atoms with Crippen molar-refractivity contribution in [3.8, 4) is 11.1 Å². The second-order valence-corrected chi connectivity index (χ2v) is 9.49. The van der Waals surface area contributed by atoms with E-state index in [9.17, 15) is 0 Å². The van der Waals surface area contributed by atoms with Gasteiger partial charge >= 0.3 is 0 Å². The standard InChI is InChI=1S/C26H36/c1-10-12-19-14-13-18(3)15-22(19)20-16-23(25(4,5)6)21(11-2)24(17-20)26(7,8)9/h10,12-17H,11H2,1-9H3/b12-10+. The Bertz CT molecular complexity index is 770. The third-order valence-electron chi connectivity index (χ3n) is 5.09. The molecule has 0 amide bonds. The molecule has 0 saturated heterocycles. The van der Waals surface area contributed by atoms with E-state index in [2.05, 4.69) is 105 Å². The summed E-state index contributed by atoms with van der Waals surface area (Å²) < 4.78 is 0. The topological polar surface area (TPSA) is 0 Å². The average molecular weight is 349 g/mol. The smallest absolute Gasteiger partial charge is 0.0109 e. The van der Waals surface area contributed by atoms with E-state index in [0.717, 1.165) is 6.42 Å². The lowest BCUT2D eigenvalue weighted by Gasteiger charge is -2.31. The van der Waals surface area contributed by atoms with Gasteiger partial charge in [-0.05, 0) is 64.5 Å². The first-order valence-corrected chi connectivity index (χ1v) is 9.90. The fraction of sp³-hybridized carbons (Fsp3) is 0.462. The van der Waals surface area contributed by atoms with Crippen molar-refractivity contribution in [2.75, 3.05) is 0 Å². The zero-order valence-electron chi connectivity index (χ0n) is 18.2. The molecule has 140 valence electrons. The maximum absolute atomic E-state index is 2.44. The molecule has 26 heavy (non-hydrogen) atoms. The molecule has 0 heteroatoms. The maximum atomic E-state index is 2.44. The van der Waals surface area contributed by atoms with Crippen LogP contribution in [0.4, 0.5) is 0 Å². The van der Waals surface area contributed by atoms with Gasteiger partial charge in [-0.3, -0.25) is 0 Å². The van der Waals surface area contributed by atoms with Gasteiger partial charge in [0.05, 0.1) is 0 Å². The number of rotatable bonds is 3. The Morgan fingerprint density at radius 1 is 0.846 bits per heavy atom. The third kappa shape index (κ3) is 4.29. The van der Waals surface area contributed by atoms with E-state index in [4.69, 9.17) is 0 Å². The SMILES string of the molecule is C/C=C/c1ccc(C)cc1-c1cc(C(C)(C)C)c(CC)c(C(C)(C)C)c1. The fourth-order valence-corrected chi connectivity index (χ4v) is 3.79. The highest BCUT2D eigenvalue weighted by Crippen LogP contribution is 2.39. The summed E-state index contributed by atoms with van der Waals surface area (Å²) in [7, 11) is 0. The summed E-state index contributed by atoms with van der Waals surface area (Å²) in [6, 6.07) is 11.7. The molecule has 0 spiro atoms. The van der Waals surface area contributed by atoms with Gasteiger partial charge in [-0.1, -0.05) is 96.5 Å². The minimum atomic E-state index is 0.131. The second-order valence-electron chi connectivity index (χ2n) is 9.49. The molecule has 0 heterocycles. The highest BCUT2D eigenvalue weighted by molar-refractivity contribution is 5.77. The van der Waals surface area contributed by atoms with Crippen LogP contribution >= 0.6 is 0 Å². The number of hydrogen-bond donors (Lipinski definition) is 0. The molecule has 0 fully saturated rings. The summed E-state index contributed by atoms with van der Waals surface area (Å²) in [4.78, 5) is 0. The summed E-state index contributed by atoms with van der Waals surface area (Å²) in [5.41, 5.74) is 10.0. The Balaban J connectivity index is 2.90. The molecular formula is C26H36. The van der Waals surface area contributed by atoms with Crippen LogP contribution in [-0.2, 0) is 17.3 Å². The Morgan fingerprint density at radius 2 is 1.38 bits per heavy atom. The lowest BCUT2D eigenvalue weighted by atomic mass is 9.74. The summed E-state index contributed by atoms with van der Waals surface area (Å²) in [6.45, 7) is 20.6. The molecule has 0 saturated carbocycles. The number of hydrogen-bond acceptors (Lipinski definition) is 0. The molecule has 0 atom stereocenters. The Hall–Kier alpha value is -1.82.